The number of rotatable bonds is 6. The summed E-state index contributed by atoms with van der Waals surface area (Å²) in [5.74, 6) is -1.28. The number of carbonyl (C=O) groups excluding carboxylic acids is 3. The quantitative estimate of drug-likeness (QED) is 0.528. The van der Waals surface area contributed by atoms with E-state index in [1.165, 1.54) is 12.1 Å². The van der Waals surface area contributed by atoms with Gasteiger partial charge in [0, 0.05) is 6.54 Å². The van der Waals surface area contributed by atoms with Gasteiger partial charge in [0.2, 0.25) is 21.8 Å². The lowest BCUT2D eigenvalue weighted by atomic mass is 10.1. The molecule has 1 atom stereocenters. The molecule has 1 heterocycles. The van der Waals surface area contributed by atoms with E-state index in [4.69, 9.17) is 5.14 Å². The number of sulfonamides is 1. The maximum absolute atomic E-state index is 12.3. The molecule has 0 saturated carbocycles. The van der Waals surface area contributed by atoms with E-state index in [2.05, 4.69) is 16.0 Å². The van der Waals surface area contributed by atoms with Crippen molar-refractivity contribution in [3.05, 3.63) is 59.7 Å². The Morgan fingerprint density at radius 1 is 1.07 bits per heavy atom. The van der Waals surface area contributed by atoms with E-state index in [1.807, 2.05) is 0 Å². The van der Waals surface area contributed by atoms with Gasteiger partial charge in [-0.15, -0.1) is 0 Å². The summed E-state index contributed by atoms with van der Waals surface area (Å²) in [5, 5.41) is 12.9. The molecule has 152 valence electrons. The van der Waals surface area contributed by atoms with E-state index in [0.717, 1.165) is 5.56 Å². The second-order valence-electron chi connectivity index (χ2n) is 6.55. The number of primary sulfonamides is 1. The Morgan fingerprint density at radius 2 is 1.76 bits per heavy atom. The van der Waals surface area contributed by atoms with Crippen molar-refractivity contribution in [2.75, 3.05) is 11.9 Å². The van der Waals surface area contributed by atoms with Gasteiger partial charge in [0.05, 0.1) is 22.6 Å². The van der Waals surface area contributed by atoms with E-state index in [0.29, 0.717) is 17.7 Å². The van der Waals surface area contributed by atoms with Crippen LogP contribution in [0.1, 0.15) is 22.3 Å². The van der Waals surface area contributed by atoms with Gasteiger partial charge < -0.3 is 16.0 Å². The topological polar surface area (TPSA) is 147 Å². The summed E-state index contributed by atoms with van der Waals surface area (Å²) in [7, 11) is -3.74. The van der Waals surface area contributed by atoms with Crippen LogP contribution in [0.5, 0.6) is 0 Å². The molecule has 0 unspecified atom stereocenters. The minimum absolute atomic E-state index is 0.0152. The number of para-hydroxylation sites is 1. The highest BCUT2D eigenvalue weighted by Gasteiger charge is 2.29. The van der Waals surface area contributed by atoms with E-state index in [9.17, 15) is 22.8 Å². The van der Waals surface area contributed by atoms with Crippen molar-refractivity contribution in [1.29, 1.82) is 0 Å². The minimum atomic E-state index is -3.74. The Hall–Kier alpha value is -3.24. The molecule has 3 rings (SSSR count). The van der Waals surface area contributed by atoms with Gasteiger partial charge in [-0.2, -0.15) is 0 Å². The van der Waals surface area contributed by atoms with Crippen molar-refractivity contribution >= 4 is 33.4 Å². The van der Waals surface area contributed by atoms with Crippen molar-refractivity contribution in [3.8, 4) is 0 Å². The largest absolute Gasteiger partial charge is 0.356 e. The van der Waals surface area contributed by atoms with Gasteiger partial charge in [-0.25, -0.2) is 13.6 Å². The molecule has 2 aromatic carbocycles. The molecule has 9 nitrogen and oxygen atoms in total. The van der Waals surface area contributed by atoms with Crippen molar-refractivity contribution < 1.29 is 22.8 Å². The molecule has 1 aliphatic rings. The first-order chi connectivity index (χ1) is 13.7. The van der Waals surface area contributed by atoms with Crippen LogP contribution >= 0.6 is 0 Å². The molecule has 0 radical (unpaired) electrons. The van der Waals surface area contributed by atoms with Crippen LogP contribution in [0.25, 0.3) is 0 Å². The molecule has 0 saturated heterocycles. The molecular weight excluding hydrogens is 396 g/mol. The Kier molecular flexibility index (Phi) is 5.95. The fraction of sp³-hybridized carbons (Fsp3) is 0.211. The Labute approximate surface area is 167 Å². The van der Waals surface area contributed by atoms with Crippen LogP contribution in [0, 0.1) is 0 Å². The van der Waals surface area contributed by atoms with Crippen LogP contribution in [0.15, 0.2) is 53.4 Å². The van der Waals surface area contributed by atoms with Crippen LogP contribution in [0.3, 0.4) is 0 Å². The van der Waals surface area contributed by atoms with Gasteiger partial charge in [-0.1, -0.05) is 24.3 Å². The van der Waals surface area contributed by atoms with Gasteiger partial charge in [0.1, 0.15) is 6.04 Å². The fourth-order valence-corrected chi connectivity index (χ4v) is 3.42. The molecule has 29 heavy (non-hydrogen) atoms. The molecular formula is C19H20N4O5S. The third-order valence-corrected chi connectivity index (χ3v) is 5.36. The smallest absolute Gasteiger partial charge is 0.254 e. The number of nitrogens with two attached hydrogens (primary N) is 1. The van der Waals surface area contributed by atoms with Gasteiger partial charge in [-0.3, -0.25) is 14.4 Å². The maximum Gasteiger partial charge on any atom is 0.254 e. The normalized spacial score (nSPS) is 16.2. The van der Waals surface area contributed by atoms with Gasteiger partial charge in [0.25, 0.3) is 5.91 Å². The molecule has 10 heteroatoms. The lowest BCUT2D eigenvalue weighted by molar-refractivity contribution is -0.125. The molecule has 1 aliphatic heterocycles. The van der Waals surface area contributed by atoms with Crippen LogP contribution < -0.4 is 21.1 Å². The third kappa shape index (κ3) is 5.18. The summed E-state index contributed by atoms with van der Waals surface area (Å²) in [6.07, 6.45) is 0.265. The summed E-state index contributed by atoms with van der Waals surface area (Å²) in [6, 6.07) is 11.6. The average molecular weight is 416 g/mol. The third-order valence-electron chi connectivity index (χ3n) is 4.43. The summed E-state index contributed by atoms with van der Waals surface area (Å²) in [6.45, 7) is 0.288. The fourth-order valence-electron chi connectivity index (χ4n) is 2.90. The number of nitrogens with one attached hydrogen (secondary N) is 3. The van der Waals surface area contributed by atoms with Crippen LogP contribution in [-0.2, 0) is 26.0 Å². The van der Waals surface area contributed by atoms with Crippen molar-refractivity contribution in [2.45, 2.75) is 23.8 Å². The standard InChI is InChI=1S/C19H20N4O5S/c20-29(27,28)13-7-5-12(6-8-13)9-10-21-17(24)11-16-19(26)22-15-4-2-1-3-14(15)18(25)23-16/h1-8,16H,9-11H2,(H,21,24)(H,22,26)(H,23,25)(H2,20,27,28)/t16-/m1/s1. The number of benzene rings is 2. The van der Waals surface area contributed by atoms with Gasteiger partial charge in [-0.05, 0) is 36.2 Å². The molecule has 0 spiro atoms. The number of fused-ring (bicyclic) bond motifs is 1. The Morgan fingerprint density at radius 3 is 2.45 bits per heavy atom. The lowest BCUT2D eigenvalue weighted by Gasteiger charge is -2.14. The van der Waals surface area contributed by atoms with Gasteiger partial charge in [0.15, 0.2) is 0 Å². The van der Waals surface area contributed by atoms with Crippen LogP contribution in [-0.4, -0.2) is 38.7 Å². The number of hydrogen-bond acceptors (Lipinski definition) is 5. The Balaban J connectivity index is 1.52. The molecule has 0 aliphatic carbocycles. The summed E-state index contributed by atoms with van der Waals surface area (Å²) >= 11 is 0. The second-order valence-corrected chi connectivity index (χ2v) is 8.12. The second kappa shape index (κ2) is 8.41. The molecule has 0 bridgehead atoms. The maximum atomic E-state index is 12.3. The van der Waals surface area contributed by atoms with Gasteiger partial charge >= 0.3 is 0 Å². The van der Waals surface area contributed by atoms with E-state index < -0.39 is 33.8 Å². The van der Waals surface area contributed by atoms with E-state index in [-0.39, 0.29) is 17.9 Å². The first-order valence-electron chi connectivity index (χ1n) is 8.83. The van der Waals surface area contributed by atoms with Crippen molar-refractivity contribution in [3.63, 3.8) is 0 Å². The summed E-state index contributed by atoms with van der Waals surface area (Å²) in [4.78, 5) is 36.8. The highest BCUT2D eigenvalue weighted by Crippen LogP contribution is 2.18. The van der Waals surface area contributed by atoms with E-state index >= 15 is 0 Å². The monoisotopic (exact) mass is 416 g/mol. The predicted octanol–water partition coefficient (Wildman–Crippen LogP) is 0.133. The van der Waals surface area contributed by atoms with Crippen molar-refractivity contribution in [1.82, 2.24) is 10.6 Å². The first-order valence-corrected chi connectivity index (χ1v) is 10.4. The highest BCUT2D eigenvalue weighted by molar-refractivity contribution is 7.89. The molecule has 2 aromatic rings. The number of carbonyl (C=O) groups is 3. The zero-order chi connectivity index (χ0) is 21.0. The molecule has 3 amide bonds. The SMILES string of the molecule is NS(=O)(=O)c1ccc(CCNC(=O)C[C@H]2NC(=O)c3ccccc3NC2=O)cc1. The number of hydrogen-bond donors (Lipinski definition) is 4. The van der Waals surface area contributed by atoms with Crippen LogP contribution in [0.2, 0.25) is 0 Å². The molecule has 5 N–H and O–H groups in total. The average Bonchev–Trinajstić information content (AvgIpc) is 2.78. The lowest BCUT2D eigenvalue weighted by Crippen LogP contribution is -2.44. The van der Waals surface area contributed by atoms with Crippen LogP contribution in [0.4, 0.5) is 5.69 Å². The minimum Gasteiger partial charge on any atom is -0.356 e. The number of anilines is 1. The molecule has 0 fully saturated rings. The molecule has 0 aromatic heterocycles. The highest BCUT2D eigenvalue weighted by atomic mass is 32.2. The first kappa shape index (κ1) is 20.5. The van der Waals surface area contributed by atoms with Crippen molar-refractivity contribution in [2.24, 2.45) is 5.14 Å². The zero-order valence-corrected chi connectivity index (χ0v) is 16.2. The number of amides is 3. The summed E-state index contributed by atoms with van der Waals surface area (Å²) < 4.78 is 22.5. The predicted molar refractivity (Wildman–Crippen MR) is 105 cm³/mol. The zero-order valence-electron chi connectivity index (χ0n) is 15.3. The summed E-state index contributed by atoms with van der Waals surface area (Å²) in [5.41, 5.74) is 1.56. The van der Waals surface area contributed by atoms with E-state index in [1.54, 1.807) is 36.4 Å². The Bertz CT molecular complexity index is 1050.